The number of rotatable bonds is 7. The monoisotopic (exact) mass is 330 g/mol. The number of hydrogen-bond acceptors (Lipinski definition) is 6. The summed E-state index contributed by atoms with van der Waals surface area (Å²) in [6.07, 6.45) is 1.62. The molecule has 0 unspecified atom stereocenters. The maximum absolute atomic E-state index is 6.25. The molecule has 7 nitrogen and oxygen atoms in total. The first-order valence-corrected chi connectivity index (χ1v) is 7.51. The molecule has 7 heteroatoms. The average molecular weight is 330 g/mol. The predicted octanol–water partition coefficient (Wildman–Crippen LogP) is 2.22. The number of methoxy groups -OCH3 is 2. The van der Waals surface area contributed by atoms with E-state index in [0.29, 0.717) is 24.0 Å². The third-order valence-electron chi connectivity index (χ3n) is 3.29. The van der Waals surface area contributed by atoms with Crippen LogP contribution in [0.4, 0.5) is 5.69 Å². The van der Waals surface area contributed by atoms with Crippen LogP contribution in [0.2, 0.25) is 0 Å². The number of nitrogens with two attached hydrogens (primary N) is 1. The number of nitrogens with zero attached hydrogens (tertiary/aromatic N) is 3. The van der Waals surface area contributed by atoms with Gasteiger partial charge in [-0.05, 0) is 37.3 Å². The van der Waals surface area contributed by atoms with Crippen molar-refractivity contribution in [2.75, 3.05) is 32.6 Å². The Morgan fingerprint density at radius 2 is 1.88 bits per heavy atom. The van der Waals surface area contributed by atoms with Crippen LogP contribution in [0.25, 0.3) is 0 Å². The van der Waals surface area contributed by atoms with Gasteiger partial charge in [0.05, 0.1) is 26.1 Å². The summed E-state index contributed by atoms with van der Waals surface area (Å²) < 4.78 is 15.6. The summed E-state index contributed by atoms with van der Waals surface area (Å²) in [5, 5.41) is 1.47. The van der Waals surface area contributed by atoms with Gasteiger partial charge in [0, 0.05) is 18.2 Å². The highest BCUT2D eigenvalue weighted by molar-refractivity contribution is 6.09. The van der Waals surface area contributed by atoms with Crippen molar-refractivity contribution >= 4 is 11.5 Å². The Balaban J connectivity index is 2.30. The number of anilines is 1. The first kappa shape index (κ1) is 17.7. The van der Waals surface area contributed by atoms with Crippen molar-refractivity contribution in [3.63, 3.8) is 0 Å². The van der Waals surface area contributed by atoms with E-state index >= 15 is 0 Å². The highest BCUT2D eigenvalue weighted by atomic mass is 16.5. The fraction of sp³-hybridized carbons (Fsp3) is 0.294. The zero-order valence-corrected chi connectivity index (χ0v) is 14.1. The Morgan fingerprint density at radius 3 is 2.42 bits per heavy atom. The second-order valence-corrected chi connectivity index (χ2v) is 4.76. The minimum absolute atomic E-state index is 0.217. The summed E-state index contributed by atoms with van der Waals surface area (Å²) >= 11 is 0. The van der Waals surface area contributed by atoms with Gasteiger partial charge in [-0.15, -0.1) is 0 Å². The third kappa shape index (κ3) is 4.43. The lowest BCUT2D eigenvalue weighted by Gasteiger charge is -2.21. The number of hydrogen-bond donors (Lipinski definition) is 1. The molecule has 128 valence electrons. The summed E-state index contributed by atoms with van der Waals surface area (Å²) in [4.78, 5) is 8.62. The standard InChI is InChI=1S/C17H22N4O3/c1-4-24-12-20-17(13-5-8-15(22-2)9-6-13)21(18)14-7-10-16(23-3)19-11-14/h5-11H,4,12,18H2,1-3H3/b20-17-. The fourth-order valence-corrected chi connectivity index (χ4v) is 2.00. The molecule has 0 aliphatic heterocycles. The van der Waals surface area contributed by atoms with Crippen LogP contribution < -0.4 is 20.3 Å². The summed E-state index contributed by atoms with van der Waals surface area (Å²) in [6, 6.07) is 11.0. The number of ether oxygens (including phenoxy) is 3. The van der Waals surface area contributed by atoms with Gasteiger partial charge < -0.3 is 14.2 Å². The van der Waals surface area contributed by atoms with Gasteiger partial charge in [-0.3, -0.25) is 5.01 Å². The van der Waals surface area contributed by atoms with Crippen LogP contribution in [-0.4, -0.2) is 38.4 Å². The average Bonchev–Trinajstić information content (AvgIpc) is 2.65. The molecule has 0 radical (unpaired) electrons. The lowest BCUT2D eigenvalue weighted by atomic mass is 10.2. The molecule has 24 heavy (non-hydrogen) atoms. The number of benzene rings is 1. The maximum Gasteiger partial charge on any atom is 0.213 e. The van der Waals surface area contributed by atoms with Crippen LogP contribution >= 0.6 is 0 Å². The van der Waals surface area contributed by atoms with Crippen molar-refractivity contribution in [2.45, 2.75) is 6.92 Å². The molecule has 2 N–H and O–H groups in total. The number of pyridine rings is 1. The lowest BCUT2D eigenvalue weighted by molar-refractivity contribution is 0.156. The van der Waals surface area contributed by atoms with E-state index in [1.807, 2.05) is 37.3 Å². The summed E-state index contributed by atoms with van der Waals surface area (Å²) in [6.45, 7) is 2.71. The van der Waals surface area contributed by atoms with E-state index in [4.69, 9.17) is 20.1 Å². The zero-order valence-electron chi connectivity index (χ0n) is 14.1. The van der Waals surface area contributed by atoms with Crippen molar-refractivity contribution in [1.82, 2.24) is 4.98 Å². The van der Waals surface area contributed by atoms with Crippen LogP contribution in [0, 0.1) is 0 Å². The van der Waals surface area contributed by atoms with Crippen molar-refractivity contribution in [1.29, 1.82) is 0 Å². The number of amidine groups is 1. The highest BCUT2D eigenvalue weighted by Gasteiger charge is 2.13. The Labute approximate surface area is 141 Å². The molecule has 0 amide bonds. The molecule has 0 atom stereocenters. The molecule has 2 rings (SSSR count). The van der Waals surface area contributed by atoms with Gasteiger partial charge in [-0.25, -0.2) is 15.8 Å². The molecule has 1 aromatic heterocycles. The van der Waals surface area contributed by atoms with Gasteiger partial charge in [-0.1, -0.05) is 0 Å². The van der Waals surface area contributed by atoms with Crippen molar-refractivity contribution < 1.29 is 14.2 Å². The van der Waals surface area contributed by atoms with Crippen molar-refractivity contribution in [2.24, 2.45) is 10.8 Å². The van der Waals surface area contributed by atoms with Gasteiger partial charge in [0.25, 0.3) is 0 Å². The summed E-state index contributed by atoms with van der Waals surface area (Å²) in [7, 11) is 3.19. The second-order valence-electron chi connectivity index (χ2n) is 4.76. The molecular formula is C17H22N4O3. The summed E-state index contributed by atoms with van der Waals surface area (Å²) in [5.41, 5.74) is 1.52. The number of hydrazine groups is 1. The molecule has 2 aromatic rings. The van der Waals surface area contributed by atoms with E-state index < -0.39 is 0 Å². The molecule has 1 aromatic carbocycles. The van der Waals surface area contributed by atoms with Crippen molar-refractivity contribution in [3.8, 4) is 11.6 Å². The van der Waals surface area contributed by atoms with E-state index in [-0.39, 0.29) is 6.73 Å². The first-order chi connectivity index (χ1) is 11.7. The largest absolute Gasteiger partial charge is 0.497 e. The van der Waals surface area contributed by atoms with E-state index in [1.54, 1.807) is 26.5 Å². The first-order valence-electron chi connectivity index (χ1n) is 7.51. The van der Waals surface area contributed by atoms with E-state index in [2.05, 4.69) is 9.98 Å². The number of aliphatic imine (C=N–C) groups is 1. The molecule has 0 saturated heterocycles. The van der Waals surface area contributed by atoms with Crippen LogP contribution in [0.15, 0.2) is 47.6 Å². The van der Waals surface area contributed by atoms with Gasteiger partial charge in [-0.2, -0.15) is 0 Å². The predicted molar refractivity (Wildman–Crippen MR) is 93.5 cm³/mol. The fourth-order valence-electron chi connectivity index (χ4n) is 2.00. The SMILES string of the molecule is CCOC/N=C(/c1ccc(OC)cc1)N(N)c1ccc(OC)nc1. The third-order valence-corrected chi connectivity index (χ3v) is 3.29. The minimum Gasteiger partial charge on any atom is -0.497 e. The van der Waals surface area contributed by atoms with Gasteiger partial charge in [0.1, 0.15) is 12.5 Å². The molecule has 0 spiro atoms. The molecule has 1 heterocycles. The molecule has 0 bridgehead atoms. The topological polar surface area (TPSA) is 82.2 Å². The molecular weight excluding hydrogens is 308 g/mol. The van der Waals surface area contributed by atoms with E-state index in [1.165, 1.54) is 5.01 Å². The molecule has 0 saturated carbocycles. The second kappa shape index (κ2) is 8.85. The quantitative estimate of drug-likeness (QED) is 0.276. The highest BCUT2D eigenvalue weighted by Crippen LogP contribution is 2.18. The smallest absolute Gasteiger partial charge is 0.213 e. The molecule has 0 aliphatic rings. The Kier molecular flexibility index (Phi) is 6.53. The Bertz CT molecular complexity index is 657. The van der Waals surface area contributed by atoms with E-state index in [0.717, 1.165) is 11.3 Å². The van der Waals surface area contributed by atoms with Crippen molar-refractivity contribution in [3.05, 3.63) is 48.2 Å². The van der Waals surface area contributed by atoms with E-state index in [9.17, 15) is 0 Å². The van der Waals surface area contributed by atoms with Crippen LogP contribution in [0.3, 0.4) is 0 Å². The van der Waals surface area contributed by atoms with Crippen LogP contribution in [-0.2, 0) is 4.74 Å². The van der Waals surface area contributed by atoms with Gasteiger partial charge >= 0.3 is 0 Å². The Hall–Kier alpha value is -2.64. The minimum atomic E-state index is 0.217. The van der Waals surface area contributed by atoms with Gasteiger partial charge in [0.15, 0.2) is 5.84 Å². The lowest BCUT2D eigenvalue weighted by Crippen LogP contribution is -2.38. The molecule has 0 fully saturated rings. The normalized spacial score (nSPS) is 11.2. The number of aromatic nitrogens is 1. The Morgan fingerprint density at radius 1 is 1.12 bits per heavy atom. The zero-order chi connectivity index (χ0) is 17.4. The van der Waals surface area contributed by atoms with Crippen LogP contribution in [0.1, 0.15) is 12.5 Å². The van der Waals surface area contributed by atoms with Gasteiger partial charge in [0.2, 0.25) is 5.88 Å². The molecule has 0 aliphatic carbocycles. The maximum atomic E-state index is 6.25. The van der Waals surface area contributed by atoms with Crippen LogP contribution in [0.5, 0.6) is 11.6 Å². The summed E-state index contributed by atoms with van der Waals surface area (Å²) in [5.74, 6) is 8.10.